The molecule has 2 N–H and O–H groups in total. The van der Waals surface area contributed by atoms with E-state index in [9.17, 15) is 4.79 Å². The normalized spacial score (nSPS) is 22.5. The number of hydrogen-bond donors (Lipinski definition) is 2. The summed E-state index contributed by atoms with van der Waals surface area (Å²) in [6, 6.07) is 8.43. The second kappa shape index (κ2) is 6.33. The molecule has 104 valence electrons. The molecule has 19 heavy (non-hydrogen) atoms. The minimum absolute atomic E-state index is 0.00665. The van der Waals surface area contributed by atoms with E-state index in [2.05, 4.69) is 17.6 Å². The van der Waals surface area contributed by atoms with Crippen LogP contribution in [0, 0.1) is 0 Å². The van der Waals surface area contributed by atoms with Crippen molar-refractivity contribution in [3.05, 3.63) is 29.8 Å². The molecule has 1 aromatic rings. The lowest BCUT2D eigenvalue weighted by Crippen LogP contribution is -2.30. The summed E-state index contributed by atoms with van der Waals surface area (Å²) in [7, 11) is 0. The van der Waals surface area contributed by atoms with Gasteiger partial charge in [-0.1, -0.05) is 13.0 Å². The smallest absolute Gasteiger partial charge is 0.251 e. The maximum absolute atomic E-state index is 12.0. The van der Waals surface area contributed by atoms with Crippen LogP contribution in [-0.4, -0.2) is 29.0 Å². The Morgan fingerprint density at radius 2 is 2.21 bits per heavy atom. The second-order valence-electron chi connectivity index (χ2n) is 5.43. The van der Waals surface area contributed by atoms with Gasteiger partial charge in [-0.25, -0.2) is 0 Å². The van der Waals surface area contributed by atoms with Crippen LogP contribution in [-0.2, 0) is 0 Å². The van der Waals surface area contributed by atoms with Crippen LogP contribution in [0.5, 0.6) is 0 Å². The Balaban J connectivity index is 2.00. The Morgan fingerprint density at radius 3 is 2.84 bits per heavy atom. The third-order valence-electron chi connectivity index (χ3n) is 3.11. The SMILES string of the molecule is CC(C)NC(=O)c1cccc(NC2CSC(C)C2)c1. The van der Waals surface area contributed by atoms with Gasteiger partial charge in [-0.15, -0.1) is 0 Å². The van der Waals surface area contributed by atoms with E-state index in [1.165, 1.54) is 6.42 Å². The largest absolute Gasteiger partial charge is 0.381 e. The number of amides is 1. The van der Waals surface area contributed by atoms with Crippen LogP contribution < -0.4 is 10.6 Å². The number of thioether (sulfide) groups is 1. The fourth-order valence-electron chi connectivity index (χ4n) is 2.25. The fraction of sp³-hybridized carbons (Fsp3) is 0.533. The quantitative estimate of drug-likeness (QED) is 0.889. The van der Waals surface area contributed by atoms with Gasteiger partial charge in [0.25, 0.3) is 5.91 Å². The van der Waals surface area contributed by atoms with Crippen molar-refractivity contribution in [3.63, 3.8) is 0 Å². The number of carbonyl (C=O) groups is 1. The Kier molecular flexibility index (Phi) is 4.75. The van der Waals surface area contributed by atoms with E-state index < -0.39 is 0 Å². The van der Waals surface area contributed by atoms with Crippen molar-refractivity contribution in [1.29, 1.82) is 0 Å². The van der Waals surface area contributed by atoms with Crippen molar-refractivity contribution < 1.29 is 4.79 Å². The lowest BCUT2D eigenvalue weighted by atomic mass is 10.1. The van der Waals surface area contributed by atoms with E-state index in [1.54, 1.807) is 0 Å². The number of anilines is 1. The lowest BCUT2D eigenvalue weighted by Gasteiger charge is -2.14. The highest BCUT2D eigenvalue weighted by Gasteiger charge is 2.21. The zero-order valence-corrected chi connectivity index (χ0v) is 12.6. The van der Waals surface area contributed by atoms with Crippen LogP contribution in [0.15, 0.2) is 24.3 Å². The molecule has 0 saturated carbocycles. The molecule has 1 aliphatic heterocycles. The Labute approximate surface area is 119 Å². The van der Waals surface area contributed by atoms with Crippen LogP contribution in [0.2, 0.25) is 0 Å². The zero-order chi connectivity index (χ0) is 13.8. The third-order valence-corrected chi connectivity index (χ3v) is 4.47. The van der Waals surface area contributed by atoms with E-state index in [1.807, 2.05) is 49.9 Å². The van der Waals surface area contributed by atoms with E-state index in [-0.39, 0.29) is 11.9 Å². The molecular weight excluding hydrogens is 256 g/mol. The number of carbonyl (C=O) groups excluding carboxylic acids is 1. The molecule has 1 saturated heterocycles. The average Bonchev–Trinajstić information content (AvgIpc) is 2.74. The standard InChI is InChI=1S/C15H22N2OS/c1-10(2)16-15(18)12-5-4-6-13(8-12)17-14-7-11(3)19-9-14/h4-6,8,10-11,14,17H,7,9H2,1-3H3,(H,16,18). The predicted octanol–water partition coefficient (Wildman–Crippen LogP) is 3.13. The van der Waals surface area contributed by atoms with Gasteiger partial charge in [0.1, 0.15) is 0 Å². The molecule has 0 radical (unpaired) electrons. The van der Waals surface area contributed by atoms with Gasteiger partial charge < -0.3 is 10.6 Å². The van der Waals surface area contributed by atoms with E-state index in [0.717, 1.165) is 22.3 Å². The highest BCUT2D eigenvalue weighted by Crippen LogP contribution is 2.28. The van der Waals surface area contributed by atoms with Gasteiger partial charge in [0.2, 0.25) is 0 Å². The predicted molar refractivity (Wildman–Crippen MR) is 83.0 cm³/mol. The molecule has 1 heterocycles. The molecule has 0 spiro atoms. The number of rotatable bonds is 4. The van der Waals surface area contributed by atoms with Crippen LogP contribution in [0.1, 0.15) is 37.6 Å². The average molecular weight is 278 g/mol. The molecule has 2 atom stereocenters. The van der Waals surface area contributed by atoms with Gasteiger partial charge in [0, 0.05) is 34.3 Å². The van der Waals surface area contributed by atoms with E-state index in [0.29, 0.717) is 6.04 Å². The van der Waals surface area contributed by atoms with Crippen molar-refractivity contribution in [1.82, 2.24) is 5.32 Å². The molecule has 3 nitrogen and oxygen atoms in total. The van der Waals surface area contributed by atoms with Crippen molar-refractivity contribution in [2.24, 2.45) is 0 Å². The molecule has 2 unspecified atom stereocenters. The highest BCUT2D eigenvalue weighted by atomic mass is 32.2. The second-order valence-corrected chi connectivity index (χ2v) is 6.90. The summed E-state index contributed by atoms with van der Waals surface area (Å²) in [5.74, 6) is 1.14. The van der Waals surface area contributed by atoms with Crippen LogP contribution >= 0.6 is 11.8 Å². The minimum Gasteiger partial charge on any atom is -0.381 e. The summed E-state index contributed by atoms with van der Waals surface area (Å²) >= 11 is 2.00. The van der Waals surface area contributed by atoms with Crippen LogP contribution in [0.4, 0.5) is 5.69 Å². The number of nitrogens with one attached hydrogen (secondary N) is 2. The minimum atomic E-state index is -0.00665. The lowest BCUT2D eigenvalue weighted by molar-refractivity contribution is 0.0943. The number of hydrogen-bond acceptors (Lipinski definition) is 3. The van der Waals surface area contributed by atoms with Crippen LogP contribution in [0.25, 0.3) is 0 Å². The van der Waals surface area contributed by atoms with Crippen LogP contribution in [0.3, 0.4) is 0 Å². The molecule has 0 aromatic heterocycles. The summed E-state index contributed by atoms with van der Waals surface area (Å²) < 4.78 is 0. The first-order valence-corrected chi connectivity index (χ1v) is 7.88. The molecule has 1 fully saturated rings. The van der Waals surface area contributed by atoms with Crippen molar-refractivity contribution in [2.75, 3.05) is 11.1 Å². The highest BCUT2D eigenvalue weighted by molar-refractivity contribution is 8.00. The fourth-order valence-corrected chi connectivity index (χ4v) is 3.40. The van der Waals surface area contributed by atoms with Gasteiger partial charge in [0.05, 0.1) is 0 Å². The topological polar surface area (TPSA) is 41.1 Å². The molecule has 0 bridgehead atoms. The summed E-state index contributed by atoms with van der Waals surface area (Å²) in [6.45, 7) is 6.20. The molecule has 1 aliphatic rings. The summed E-state index contributed by atoms with van der Waals surface area (Å²) in [5, 5.41) is 7.16. The van der Waals surface area contributed by atoms with E-state index in [4.69, 9.17) is 0 Å². The van der Waals surface area contributed by atoms with Gasteiger partial charge in [-0.2, -0.15) is 11.8 Å². The molecule has 0 aliphatic carbocycles. The van der Waals surface area contributed by atoms with E-state index >= 15 is 0 Å². The van der Waals surface area contributed by atoms with Crippen molar-refractivity contribution >= 4 is 23.4 Å². The molecule has 1 amide bonds. The van der Waals surface area contributed by atoms with Gasteiger partial charge >= 0.3 is 0 Å². The van der Waals surface area contributed by atoms with Crippen molar-refractivity contribution in [3.8, 4) is 0 Å². The molecule has 2 rings (SSSR count). The third kappa shape index (κ3) is 4.16. The number of benzene rings is 1. The Bertz CT molecular complexity index is 448. The van der Waals surface area contributed by atoms with Gasteiger partial charge in [0.15, 0.2) is 0 Å². The zero-order valence-electron chi connectivity index (χ0n) is 11.8. The Morgan fingerprint density at radius 1 is 1.42 bits per heavy atom. The summed E-state index contributed by atoms with van der Waals surface area (Å²) in [6.07, 6.45) is 1.19. The summed E-state index contributed by atoms with van der Waals surface area (Å²) in [4.78, 5) is 12.0. The Hall–Kier alpha value is -1.16. The summed E-state index contributed by atoms with van der Waals surface area (Å²) in [5.41, 5.74) is 1.76. The molecule has 4 heteroatoms. The first-order chi connectivity index (χ1) is 9.04. The first-order valence-electron chi connectivity index (χ1n) is 6.83. The van der Waals surface area contributed by atoms with Gasteiger partial charge in [-0.3, -0.25) is 4.79 Å². The first kappa shape index (κ1) is 14.3. The molecular formula is C15H22N2OS. The maximum atomic E-state index is 12.0. The monoisotopic (exact) mass is 278 g/mol. The van der Waals surface area contributed by atoms with Gasteiger partial charge in [-0.05, 0) is 38.5 Å². The van der Waals surface area contributed by atoms with Crippen molar-refractivity contribution in [2.45, 2.75) is 44.5 Å². The molecule has 1 aromatic carbocycles. The maximum Gasteiger partial charge on any atom is 0.251 e.